The van der Waals surface area contributed by atoms with E-state index in [1.807, 2.05) is 30.3 Å². The normalized spacial score (nSPS) is 22.1. The molecule has 10 nitrogen and oxygen atoms in total. The van der Waals surface area contributed by atoms with Crippen LogP contribution >= 0.6 is 0 Å². The number of amides is 3. The van der Waals surface area contributed by atoms with Crippen molar-refractivity contribution in [2.75, 3.05) is 38.3 Å². The van der Waals surface area contributed by atoms with Gasteiger partial charge in [-0.05, 0) is 63.1 Å². The zero-order chi connectivity index (χ0) is 31.2. The predicted molar refractivity (Wildman–Crippen MR) is 154 cm³/mol. The van der Waals surface area contributed by atoms with Gasteiger partial charge in [0.2, 0.25) is 0 Å². The second-order valence-electron chi connectivity index (χ2n) is 11.2. The van der Waals surface area contributed by atoms with E-state index in [0.717, 1.165) is 31.0 Å². The van der Waals surface area contributed by atoms with Crippen molar-refractivity contribution in [3.63, 3.8) is 0 Å². The van der Waals surface area contributed by atoms with Crippen LogP contribution in [0.2, 0.25) is 0 Å². The van der Waals surface area contributed by atoms with Crippen molar-refractivity contribution in [3.05, 3.63) is 77.0 Å². The van der Waals surface area contributed by atoms with Gasteiger partial charge >= 0.3 is 6.18 Å². The molecule has 13 heteroatoms. The number of halogens is 3. The number of fused-ring (bicyclic) bond motifs is 1. The number of carbonyl (C=O) groups is 3. The van der Waals surface area contributed by atoms with E-state index >= 15 is 0 Å². The van der Waals surface area contributed by atoms with Crippen LogP contribution in [-0.4, -0.2) is 78.0 Å². The molecule has 1 saturated carbocycles. The first-order valence-corrected chi connectivity index (χ1v) is 14.7. The summed E-state index contributed by atoms with van der Waals surface area (Å²) in [6, 6.07) is 12.2. The summed E-state index contributed by atoms with van der Waals surface area (Å²) in [5, 5.41) is 10.7. The summed E-state index contributed by atoms with van der Waals surface area (Å²) in [7, 11) is 1.74. The topological polar surface area (TPSA) is 109 Å². The molecule has 2 aliphatic heterocycles. The van der Waals surface area contributed by atoms with E-state index in [9.17, 15) is 27.6 Å². The Bertz CT molecular complexity index is 1570. The number of rotatable bonds is 7. The van der Waals surface area contributed by atoms with E-state index in [1.54, 1.807) is 23.6 Å². The molecule has 3 atom stereocenters. The summed E-state index contributed by atoms with van der Waals surface area (Å²) in [4.78, 5) is 45.1. The molecule has 232 valence electrons. The SMILES string of the molecule is CCN1C(=O)[C@@H](NC(=O)c2cccc(C(F)(F)F)c2)[C@@H](C2CC2)c2c(C(=O)N3CCOC[C@H]3NC)nn(-c3ccccc3)c21. The second kappa shape index (κ2) is 11.7. The van der Waals surface area contributed by atoms with Crippen molar-refractivity contribution in [1.29, 1.82) is 0 Å². The Morgan fingerprint density at radius 2 is 1.84 bits per heavy atom. The molecule has 3 heterocycles. The number of alkyl halides is 3. The van der Waals surface area contributed by atoms with Crippen LogP contribution in [0.3, 0.4) is 0 Å². The Kier molecular flexibility index (Phi) is 7.93. The molecule has 6 rings (SSSR count). The van der Waals surface area contributed by atoms with Crippen LogP contribution in [0.25, 0.3) is 5.69 Å². The molecule has 2 fully saturated rings. The maximum atomic E-state index is 14.3. The van der Waals surface area contributed by atoms with Gasteiger partial charge in [-0.25, -0.2) is 4.68 Å². The van der Waals surface area contributed by atoms with Crippen LogP contribution in [0.5, 0.6) is 0 Å². The van der Waals surface area contributed by atoms with E-state index in [4.69, 9.17) is 9.84 Å². The molecule has 2 aromatic carbocycles. The van der Waals surface area contributed by atoms with Crippen molar-refractivity contribution in [2.45, 2.75) is 44.1 Å². The fourth-order valence-electron chi connectivity index (χ4n) is 6.19. The van der Waals surface area contributed by atoms with Gasteiger partial charge in [-0.15, -0.1) is 0 Å². The van der Waals surface area contributed by atoms with Crippen LogP contribution in [0, 0.1) is 5.92 Å². The minimum atomic E-state index is -4.63. The first-order chi connectivity index (χ1) is 21.1. The van der Waals surface area contributed by atoms with Crippen molar-refractivity contribution >= 4 is 23.5 Å². The Labute approximate surface area is 252 Å². The van der Waals surface area contributed by atoms with Gasteiger partial charge in [0.25, 0.3) is 17.7 Å². The van der Waals surface area contributed by atoms with E-state index in [2.05, 4.69) is 10.6 Å². The minimum Gasteiger partial charge on any atom is -0.376 e. The van der Waals surface area contributed by atoms with Gasteiger partial charge in [0.15, 0.2) is 5.69 Å². The summed E-state index contributed by atoms with van der Waals surface area (Å²) >= 11 is 0. The summed E-state index contributed by atoms with van der Waals surface area (Å²) < 4.78 is 47.4. The van der Waals surface area contributed by atoms with Crippen molar-refractivity contribution in [3.8, 4) is 5.69 Å². The maximum Gasteiger partial charge on any atom is 0.416 e. The van der Waals surface area contributed by atoms with E-state index in [1.165, 1.54) is 11.0 Å². The zero-order valence-corrected chi connectivity index (χ0v) is 24.3. The quantitative estimate of drug-likeness (QED) is 0.424. The van der Waals surface area contributed by atoms with Crippen LogP contribution < -0.4 is 15.5 Å². The smallest absolute Gasteiger partial charge is 0.376 e. The molecular weight excluding hydrogens is 577 g/mol. The number of para-hydroxylation sites is 1. The molecule has 1 aromatic heterocycles. The van der Waals surface area contributed by atoms with Crippen LogP contribution in [-0.2, 0) is 15.7 Å². The highest BCUT2D eigenvalue weighted by atomic mass is 19.4. The third kappa shape index (κ3) is 5.34. The summed E-state index contributed by atoms with van der Waals surface area (Å²) in [5.41, 5.74) is 0.211. The van der Waals surface area contributed by atoms with E-state index < -0.39 is 41.7 Å². The molecule has 3 aromatic rings. The van der Waals surface area contributed by atoms with Crippen molar-refractivity contribution in [1.82, 2.24) is 25.3 Å². The summed E-state index contributed by atoms with van der Waals surface area (Å²) in [5.74, 6) is -1.73. The van der Waals surface area contributed by atoms with Crippen LogP contribution in [0.15, 0.2) is 54.6 Å². The third-order valence-corrected chi connectivity index (χ3v) is 8.49. The number of carbonyl (C=O) groups excluding carboxylic acids is 3. The van der Waals surface area contributed by atoms with Crippen LogP contribution in [0.1, 0.15) is 57.7 Å². The average Bonchev–Trinajstić information content (AvgIpc) is 3.80. The van der Waals surface area contributed by atoms with Crippen molar-refractivity contribution in [2.24, 2.45) is 5.92 Å². The molecule has 1 aliphatic carbocycles. The number of morpholine rings is 1. The number of benzene rings is 2. The third-order valence-electron chi connectivity index (χ3n) is 8.49. The highest BCUT2D eigenvalue weighted by Crippen LogP contribution is 2.51. The standard InChI is InChI=1S/C31H33F3N6O4/c1-3-38-28-24(26(37-40(28)21-10-5-4-6-11-21)30(43)39-14-15-44-17-22(39)35-2)23(18-12-13-18)25(29(38)42)36-27(41)19-8-7-9-20(16-19)31(32,33)34/h4-11,16,18,22-23,25,35H,3,12-15,17H2,1-2H3,(H,36,41)/t22-,23-,25-/m0/s1. The fourth-order valence-corrected chi connectivity index (χ4v) is 6.19. The molecule has 3 amide bonds. The lowest BCUT2D eigenvalue weighted by Crippen LogP contribution is -2.57. The zero-order valence-electron chi connectivity index (χ0n) is 24.3. The number of nitrogens with zero attached hydrogens (tertiary/aromatic N) is 4. The molecular formula is C31H33F3N6O4. The largest absolute Gasteiger partial charge is 0.416 e. The first-order valence-electron chi connectivity index (χ1n) is 14.7. The second-order valence-corrected chi connectivity index (χ2v) is 11.2. The fraction of sp³-hybridized carbons (Fsp3) is 0.419. The van der Waals surface area contributed by atoms with E-state index in [0.29, 0.717) is 36.8 Å². The van der Waals surface area contributed by atoms with Gasteiger partial charge in [-0.2, -0.15) is 18.3 Å². The number of hydrogen-bond acceptors (Lipinski definition) is 6. The molecule has 3 aliphatic rings. The van der Waals surface area contributed by atoms with Gasteiger partial charge in [0, 0.05) is 30.1 Å². The summed E-state index contributed by atoms with van der Waals surface area (Å²) in [6.07, 6.45) is -3.49. The number of anilines is 1. The maximum absolute atomic E-state index is 14.3. The molecule has 2 N–H and O–H groups in total. The van der Waals surface area contributed by atoms with Gasteiger partial charge in [0.1, 0.15) is 18.0 Å². The molecule has 1 saturated heterocycles. The number of aromatic nitrogens is 2. The minimum absolute atomic E-state index is 0.0340. The van der Waals surface area contributed by atoms with Gasteiger partial charge in [-0.3, -0.25) is 24.6 Å². The number of ether oxygens (including phenoxy) is 1. The first kappa shape index (κ1) is 29.8. The van der Waals surface area contributed by atoms with Crippen molar-refractivity contribution < 1.29 is 32.3 Å². The highest BCUT2D eigenvalue weighted by Gasteiger charge is 2.52. The molecule has 0 unspecified atom stereocenters. The molecule has 0 spiro atoms. The van der Waals surface area contributed by atoms with Gasteiger partial charge in [-0.1, -0.05) is 24.3 Å². The molecule has 0 bridgehead atoms. The van der Waals surface area contributed by atoms with E-state index in [-0.39, 0.29) is 29.6 Å². The molecule has 44 heavy (non-hydrogen) atoms. The monoisotopic (exact) mass is 610 g/mol. The predicted octanol–water partition coefficient (Wildman–Crippen LogP) is 3.57. The number of hydrogen-bond donors (Lipinski definition) is 2. The van der Waals surface area contributed by atoms with Gasteiger partial charge in [0.05, 0.1) is 24.5 Å². The Morgan fingerprint density at radius 3 is 2.50 bits per heavy atom. The van der Waals surface area contributed by atoms with Crippen LogP contribution in [0.4, 0.5) is 19.0 Å². The lowest BCUT2D eigenvalue weighted by atomic mass is 9.82. The Balaban J connectivity index is 1.48. The summed E-state index contributed by atoms with van der Waals surface area (Å²) in [6.45, 7) is 2.98. The highest BCUT2D eigenvalue weighted by molar-refractivity contribution is 6.07. The Hall–Kier alpha value is -4.23. The lowest BCUT2D eigenvalue weighted by molar-refractivity contribution is -0.137. The number of nitrogens with one attached hydrogen (secondary N) is 2. The lowest BCUT2D eigenvalue weighted by Gasteiger charge is -2.39. The Morgan fingerprint density at radius 1 is 1.09 bits per heavy atom. The van der Waals surface area contributed by atoms with Gasteiger partial charge < -0.3 is 15.0 Å². The molecule has 0 radical (unpaired) electrons. The number of likely N-dealkylation sites (N-methyl/N-ethyl adjacent to an activating group) is 2. The average molecular weight is 611 g/mol.